The quantitative estimate of drug-likeness (QED) is 0.854. The van der Waals surface area contributed by atoms with Gasteiger partial charge in [-0.2, -0.15) is 0 Å². The summed E-state index contributed by atoms with van der Waals surface area (Å²) >= 11 is 1.50. The number of hydrogen-bond acceptors (Lipinski definition) is 5. The Balaban J connectivity index is 0.00000128. The first-order valence-electron chi connectivity index (χ1n) is 4.92. The highest BCUT2D eigenvalue weighted by molar-refractivity contribution is 7.15. The minimum absolute atomic E-state index is 0. The van der Waals surface area contributed by atoms with Gasteiger partial charge in [0.2, 0.25) is 0 Å². The molecule has 1 aliphatic rings. The van der Waals surface area contributed by atoms with E-state index in [4.69, 9.17) is 4.74 Å². The number of halogens is 1. The third-order valence-corrected chi connectivity index (χ3v) is 3.10. The maximum atomic E-state index is 11.1. The molecule has 2 rings (SSSR count). The number of thiazole rings is 1. The van der Waals surface area contributed by atoms with Crippen LogP contribution in [-0.4, -0.2) is 24.2 Å². The van der Waals surface area contributed by atoms with E-state index in [1.54, 1.807) is 6.92 Å². The van der Waals surface area contributed by atoms with Crippen LogP contribution in [0.2, 0.25) is 0 Å². The number of carbonyl (C=O) groups excluding carboxylic acids is 1. The van der Waals surface area contributed by atoms with Gasteiger partial charge in [0.1, 0.15) is 0 Å². The van der Waals surface area contributed by atoms with E-state index in [1.165, 1.54) is 16.2 Å². The SMILES string of the molecule is CCOC(=O)Nc1nc2c(s1)CNCC2.Cl. The minimum Gasteiger partial charge on any atom is -0.450 e. The molecular formula is C9H14ClN3O2S. The summed E-state index contributed by atoms with van der Waals surface area (Å²) in [7, 11) is 0. The van der Waals surface area contributed by atoms with Crippen molar-refractivity contribution in [3.05, 3.63) is 10.6 Å². The van der Waals surface area contributed by atoms with Crippen LogP contribution in [0.5, 0.6) is 0 Å². The maximum absolute atomic E-state index is 11.1. The second-order valence-electron chi connectivity index (χ2n) is 3.16. The van der Waals surface area contributed by atoms with E-state index in [0.29, 0.717) is 11.7 Å². The zero-order valence-corrected chi connectivity index (χ0v) is 10.5. The van der Waals surface area contributed by atoms with Gasteiger partial charge in [-0.3, -0.25) is 5.32 Å². The molecule has 16 heavy (non-hydrogen) atoms. The van der Waals surface area contributed by atoms with Gasteiger partial charge in [-0.25, -0.2) is 9.78 Å². The van der Waals surface area contributed by atoms with Gasteiger partial charge in [-0.05, 0) is 6.92 Å². The van der Waals surface area contributed by atoms with Gasteiger partial charge < -0.3 is 10.1 Å². The highest BCUT2D eigenvalue weighted by Crippen LogP contribution is 2.25. The van der Waals surface area contributed by atoms with Crippen LogP contribution in [-0.2, 0) is 17.7 Å². The Morgan fingerprint density at radius 3 is 3.19 bits per heavy atom. The molecule has 0 saturated heterocycles. The molecule has 1 aromatic heterocycles. The maximum Gasteiger partial charge on any atom is 0.413 e. The third kappa shape index (κ3) is 3.07. The van der Waals surface area contributed by atoms with Crippen LogP contribution in [0.1, 0.15) is 17.5 Å². The zero-order chi connectivity index (χ0) is 10.7. The Bertz CT molecular complexity index is 346. The van der Waals surface area contributed by atoms with Crippen molar-refractivity contribution in [2.45, 2.75) is 19.9 Å². The van der Waals surface area contributed by atoms with Gasteiger partial charge in [0, 0.05) is 24.4 Å². The van der Waals surface area contributed by atoms with Crippen LogP contribution in [0.25, 0.3) is 0 Å². The largest absolute Gasteiger partial charge is 0.450 e. The number of nitrogens with zero attached hydrogens (tertiary/aromatic N) is 1. The molecule has 0 unspecified atom stereocenters. The topological polar surface area (TPSA) is 63.2 Å². The minimum atomic E-state index is -0.434. The van der Waals surface area contributed by atoms with Crippen molar-refractivity contribution in [3.8, 4) is 0 Å². The highest BCUT2D eigenvalue weighted by atomic mass is 35.5. The molecule has 90 valence electrons. The molecule has 2 N–H and O–H groups in total. The number of hydrogen-bond donors (Lipinski definition) is 2. The van der Waals surface area contributed by atoms with Crippen molar-refractivity contribution in [2.24, 2.45) is 0 Å². The normalized spacial score (nSPS) is 13.6. The van der Waals surface area contributed by atoms with Crippen LogP contribution in [0.15, 0.2) is 0 Å². The molecule has 1 aliphatic heterocycles. The number of aromatic nitrogens is 1. The van der Waals surface area contributed by atoms with E-state index in [0.717, 1.165) is 25.2 Å². The summed E-state index contributed by atoms with van der Waals surface area (Å²) in [4.78, 5) is 16.7. The predicted octanol–water partition coefficient (Wildman–Crippen LogP) is 1.78. The molecule has 1 amide bonds. The number of nitrogens with one attached hydrogen (secondary N) is 2. The Hall–Kier alpha value is -0.850. The molecule has 0 atom stereocenters. The van der Waals surface area contributed by atoms with Crippen LogP contribution in [0, 0.1) is 0 Å². The molecule has 0 spiro atoms. The summed E-state index contributed by atoms with van der Waals surface area (Å²) in [5, 5.41) is 6.50. The average molecular weight is 264 g/mol. The second kappa shape index (κ2) is 6.03. The number of anilines is 1. The van der Waals surface area contributed by atoms with Crippen molar-refractivity contribution < 1.29 is 9.53 Å². The van der Waals surface area contributed by atoms with Gasteiger partial charge in [0.15, 0.2) is 5.13 Å². The average Bonchev–Trinajstić information content (AvgIpc) is 2.59. The number of carbonyl (C=O) groups is 1. The first-order valence-corrected chi connectivity index (χ1v) is 5.74. The van der Waals surface area contributed by atoms with Crippen molar-refractivity contribution in [2.75, 3.05) is 18.5 Å². The van der Waals surface area contributed by atoms with E-state index in [2.05, 4.69) is 15.6 Å². The van der Waals surface area contributed by atoms with Crippen LogP contribution >= 0.6 is 23.7 Å². The smallest absolute Gasteiger partial charge is 0.413 e. The lowest BCUT2D eigenvalue weighted by Crippen LogP contribution is -2.22. The fourth-order valence-electron chi connectivity index (χ4n) is 1.43. The molecule has 0 bridgehead atoms. The lowest BCUT2D eigenvalue weighted by Gasteiger charge is -2.09. The van der Waals surface area contributed by atoms with E-state index in [1.807, 2.05) is 0 Å². The zero-order valence-electron chi connectivity index (χ0n) is 8.91. The first-order chi connectivity index (χ1) is 7.29. The molecule has 0 radical (unpaired) electrons. The van der Waals surface area contributed by atoms with Crippen molar-refractivity contribution in [3.63, 3.8) is 0 Å². The molecular weight excluding hydrogens is 250 g/mol. The first kappa shape index (κ1) is 13.2. The Labute approximate surface area is 104 Å². The van der Waals surface area contributed by atoms with Crippen LogP contribution in [0.3, 0.4) is 0 Å². The Morgan fingerprint density at radius 1 is 1.69 bits per heavy atom. The molecule has 5 nitrogen and oxygen atoms in total. The molecule has 0 aliphatic carbocycles. The number of rotatable bonds is 2. The number of ether oxygens (including phenoxy) is 1. The van der Waals surface area contributed by atoms with E-state index < -0.39 is 6.09 Å². The summed E-state index contributed by atoms with van der Waals surface area (Å²) in [6, 6.07) is 0. The lowest BCUT2D eigenvalue weighted by atomic mass is 10.2. The second-order valence-corrected chi connectivity index (χ2v) is 4.24. The van der Waals surface area contributed by atoms with Crippen molar-refractivity contribution >= 4 is 35.0 Å². The standard InChI is InChI=1S/C9H13N3O2S.ClH/c1-2-14-9(13)12-8-11-6-3-4-10-5-7(6)15-8;/h10H,2-5H2,1H3,(H,11,12,13);1H. The summed E-state index contributed by atoms with van der Waals surface area (Å²) < 4.78 is 4.78. The Kier molecular flexibility index (Phi) is 4.98. The number of fused-ring (bicyclic) bond motifs is 1. The summed E-state index contributed by atoms with van der Waals surface area (Å²) in [6.45, 7) is 3.95. The predicted molar refractivity (Wildman–Crippen MR) is 65.4 cm³/mol. The Morgan fingerprint density at radius 2 is 2.50 bits per heavy atom. The molecule has 0 saturated carbocycles. The fraction of sp³-hybridized carbons (Fsp3) is 0.556. The van der Waals surface area contributed by atoms with Crippen molar-refractivity contribution in [1.29, 1.82) is 0 Å². The monoisotopic (exact) mass is 263 g/mol. The van der Waals surface area contributed by atoms with Crippen LogP contribution in [0.4, 0.5) is 9.93 Å². The van der Waals surface area contributed by atoms with E-state index in [9.17, 15) is 4.79 Å². The lowest BCUT2D eigenvalue weighted by molar-refractivity contribution is 0.168. The summed E-state index contributed by atoms with van der Waals surface area (Å²) in [6.07, 6.45) is 0.493. The van der Waals surface area contributed by atoms with Gasteiger partial charge in [0.25, 0.3) is 0 Å². The van der Waals surface area contributed by atoms with E-state index in [-0.39, 0.29) is 12.4 Å². The van der Waals surface area contributed by atoms with Gasteiger partial charge in [-0.1, -0.05) is 11.3 Å². The summed E-state index contributed by atoms with van der Waals surface area (Å²) in [5.74, 6) is 0. The van der Waals surface area contributed by atoms with Gasteiger partial charge >= 0.3 is 6.09 Å². The third-order valence-electron chi connectivity index (χ3n) is 2.09. The van der Waals surface area contributed by atoms with E-state index >= 15 is 0 Å². The van der Waals surface area contributed by atoms with Crippen molar-refractivity contribution in [1.82, 2.24) is 10.3 Å². The molecule has 0 aromatic carbocycles. The fourth-order valence-corrected chi connectivity index (χ4v) is 2.40. The molecule has 2 heterocycles. The van der Waals surface area contributed by atoms with Gasteiger partial charge in [-0.15, -0.1) is 12.4 Å². The number of amides is 1. The summed E-state index contributed by atoms with van der Waals surface area (Å²) in [5.41, 5.74) is 1.09. The molecule has 0 fully saturated rings. The van der Waals surface area contributed by atoms with Gasteiger partial charge in [0.05, 0.1) is 12.3 Å². The van der Waals surface area contributed by atoms with Crippen LogP contribution < -0.4 is 10.6 Å². The molecule has 1 aromatic rings. The molecule has 7 heteroatoms. The highest BCUT2D eigenvalue weighted by Gasteiger charge is 2.15.